The van der Waals surface area contributed by atoms with Gasteiger partial charge in [-0.15, -0.1) is 0 Å². The highest BCUT2D eigenvalue weighted by molar-refractivity contribution is 6.35. The van der Waals surface area contributed by atoms with E-state index < -0.39 is 23.5 Å². The van der Waals surface area contributed by atoms with E-state index in [1.54, 1.807) is 6.92 Å². The zero-order chi connectivity index (χ0) is 25.2. The van der Waals surface area contributed by atoms with E-state index in [0.29, 0.717) is 50.6 Å². The largest absolute Gasteiger partial charge is 0.392 e. The lowest BCUT2D eigenvalue weighted by Crippen LogP contribution is -2.53. The number of rotatable bonds is 4. The summed E-state index contributed by atoms with van der Waals surface area (Å²) >= 11 is 0. The molecule has 9 nitrogen and oxygen atoms in total. The van der Waals surface area contributed by atoms with Crippen LogP contribution in [-0.4, -0.2) is 71.2 Å². The van der Waals surface area contributed by atoms with Gasteiger partial charge in [-0.3, -0.25) is 9.59 Å². The summed E-state index contributed by atoms with van der Waals surface area (Å²) in [6.07, 6.45) is -0.125. The molecule has 1 saturated heterocycles. The van der Waals surface area contributed by atoms with E-state index in [-0.39, 0.29) is 6.54 Å². The van der Waals surface area contributed by atoms with E-state index in [9.17, 15) is 20.0 Å². The summed E-state index contributed by atoms with van der Waals surface area (Å²) in [6, 6.07) is 12.3. The number of nitrogens with zero attached hydrogens (tertiary/aromatic N) is 4. The number of nitrogens with one attached hydrogen (secondary N) is 1. The number of carbonyl (C=O) groups is 2. The fourth-order valence-corrected chi connectivity index (χ4v) is 4.51. The first kappa shape index (κ1) is 24.6. The summed E-state index contributed by atoms with van der Waals surface area (Å²) in [7, 11) is 0. The molecule has 2 aliphatic rings. The molecule has 1 aromatic carbocycles. The molecule has 0 radical (unpaired) electrons. The van der Waals surface area contributed by atoms with Crippen LogP contribution >= 0.6 is 0 Å². The number of pyridine rings is 1. The lowest BCUT2D eigenvalue weighted by molar-refractivity contribution is -0.146. The number of carbonyl (C=O) groups excluding carboxylic acids is 2. The number of hydrogen-bond donors (Lipinski definition) is 2. The van der Waals surface area contributed by atoms with Crippen molar-refractivity contribution in [2.24, 2.45) is 0 Å². The number of anilines is 1. The molecular weight excluding hydrogens is 446 g/mol. The predicted molar refractivity (Wildman–Crippen MR) is 130 cm³/mol. The molecule has 1 fully saturated rings. The van der Waals surface area contributed by atoms with Crippen LogP contribution in [0.15, 0.2) is 30.3 Å². The number of piperazine rings is 1. The molecule has 0 unspecified atom stereocenters. The predicted octanol–water partition coefficient (Wildman–Crippen LogP) is 1.62. The fourth-order valence-electron chi connectivity index (χ4n) is 4.51. The molecule has 2 N–H and O–H groups in total. The highest BCUT2D eigenvalue weighted by Gasteiger charge is 2.34. The Balaban J connectivity index is 1.63. The Hall–Kier alpha value is -3.48. The number of hydrogen-bond acceptors (Lipinski definition) is 7. The summed E-state index contributed by atoms with van der Waals surface area (Å²) in [6.45, 7) is 7.56. The maximum absolute atomic E-state index is 12.5. The van der Waals surface area contributed by atoms with Gasteiger partial charge in [-0.2, -0.15) is 5.26 Å². The third-order valence-corrected chi connectivity index (χ3v) is 6.38. The van der Waals surface area contributed by atoms with Crippen LogP contribution < -0.4 is 10.2 Å². The lowest BCUT2D eigenvalue weighted by atomic mass is 9.86. The molecule has 0 aliphatic carbocycles. The molecule has 2 amide bonds. The molecule has 1 aromatic heterocycles. The number of amides is 2. The van der Waals surface area contributed by atoms with Crippen molar-refractivity contribution in [3.05, 3.63) is 47.0 Å². The first-order chi connectivity index (χ1) is 16.7. The number of aromatic nitrogens is 1. The maximum Gasteiger partial charge on any atom is 0.312 e. The second-order valence-electron chi connectivity index (χ2n) is 9.66. The molecule has 1 atom stereocenters. The quantitative estimate of drug-likeness (QED) is 0.642. The molecule has 0 saturated carbocycles. The fraction of sp³-hybridized carbons (Fsp3) is 0.462. The van der Waals surface area contributed by atoms with E-state index in [1.807, 2.05) is 49.1 Å². The third kappa shape index (κ3) is 5.29. The monoisotopic (exact) mass is 477 g/mol. The number of aliphatic hydroxyl groups excluding tert-OH is 1. The smallest absolute Gasteiger partial charge is 0.312 e. The highest BCUT2D eigenvalue weighted by atomic mass is 16.5. The van der Waals surface area contributed by atoms with E-state index in [4.69, 9.17) is 9.72 Å². The van der Waals surface area contributed by atoms with Crippen LogP contribution in [-0.2, 0) is 27.4 Å². The van der Waals surface area contributed by atoms with Gasteiger partial charge in [0.05, 0.1) is 29.6 Å². The van der Waals surface area contributed by atoms with Gasteiger partial charge in [0.15, 0.2) is 0 Å². The second kappa shape index (κ2) is 10.0. The van der Waals surface area contributed by atoms with Crippen molar-refractivity contribution < 1.29 is 19.4 Å². The topological polar surface area (TPSA) is 119 Å². The number of aliphatic hydroxyl groups is 1. The zero-order valence-electron chi connectivity index (χ0n) is 20.4. The normalized spacial score (nSPS) is 17.8. The van der Waals surface area contributed by atoms with Crippen molar-refractivity contribution in [2.45, 2.75) is 45.5 Å². The summed E-state index contributed by atoms with van der Waals surface area (Å²) < 4.78 is 6.08. The van der Waals surface area contributed by atoms with Crippen LogP contribution in [0.2, 0.25) is 0 Å². The SMILES string of the molecule is C[C@@H](O)CNC(=O)C(=O)N1CCN(c2nc(-c3ccccc3)c3c(c2C#N)CC(C)(C)OC3)CC1. The number of fused-ring (bicyclic) bond motifs is 1. The Morgan fingerprint density at radius 2 is 1.89 bits per heavy atom. The minimum atomic E-state index is -0.725. The molecule has 184 valence electrons. The Labute approximate surface area is 205 Å². The average Bonchev–Trinajstić information content (AvgIpc) is 2.85. The van der Waals surface area contributed by atoms with Gasteiger partial charge in [0.2, 0.25) is 0 Å². The minimum absolute atomic E-state index is 0.0252. The Morgan fingerprint density at radius 3 is 2.51 bits per heavy atom. The van der Waals surface area contributed by atoms with E-state index >= 15 is 0 Å². The molecule has 2 aromatic rings. The van der Waals surface area contributed by atoms with Crippen LogP contribution in [0.3, 0.4) is 0 Å². The van der Waals surface area contributed by atoms with Crippen LogP contribution in [0.1, 0.15) is 37.5 Å². The van der Waals surface area contributed by atoms with Gasteiger partial charge in [-0.25, -0.2) is 4.98 Å². The zero-order valence-corrected chi connectivity index (χ0v) is 20.4. The van der Waals surface area contributed by atoms with Gasteiger partial charge >= 0.3 is 11.8 Å². The molecule has 9 heteroatoms. The van der Waals surface area contributed by atoms with E-state index in [2.05, 4.69) is 11.4 Å². The Morgan fingerprint density at radius 1 is 1.20 bits per heavy atom. The van der Waals surface area contributed by atoms with Crippen molar-refractivity contribution in [3.8, 4) is 17.3 Å². The van der Waals surface area contributed by atoms with Crippen molar-refractivity contribution in [1.82, 2.24) is 15.2 Å². The number of benzene rings is 1. The second-order valence-corrected chi connectivity index (χ2v) is 9.66. The summed E-state index contributed by atoms with van der Waals surface area (Å²) in [5, 5.41) is 21.9. The Bertz CT molecular complexity index is 1150. The average molecular weight is 478 g/mol. The van der Waals surface area contributed by atoms with Crippen molar-refractivity contribution in [2.75, 3.05) is 37.6 Å². The van der Waals surface area contributed by atoms with Gasteiger partial charge < -0.3 is 25.0 Å². The molecule has 4 rings (SSSR count). The third-order valence-electron chi connectivity index (χ3n) is 6.38. The molecular formula is C26H31N5O4. The Kier molecular flexibility index (Phi) is 7.05. The molecule has 0 spiro atoms. The standard InChI is InChI=1S/C26H31N5O4/c1-17(32)15-28-24(33)25(34)31-11-9-30(10-12-31)23-20(14-27)19-13-26(2,3)35-16-21(19)22(29-23)18-7-5-4-6-8-18/h4-8,17,32H,9-13,15-16H2,1-3H3,(H,28,33)/t17-/m1/s1. The first-order valence-electron chi connectivity index (χ1n) is 11.9. The van der Waals surface area contributed by atoms with Crippen LogP contribution in [0.5, 0.6) is 0 Å². The van der Waals surface area contributed by atoms with Gasteiger partial charge in [0, 0.05) is 50.3 Å². The van der Waals surface area contributed by atoms with Crippen LogP contribution in [0.25, 0.3) is 11.3 Å². The van der Waals surface area contributed by atoms with E-state index in [0.717, 1.165) is 22.4 Å². The van der Waals surface area contributed by atoms with Crippen molar-refractivity contribution in [1.29, 1.82) is 5.26 Å². The van der Waals surface area contributed by atoms with Crippen molar-refractivity contribution in [3.63, 3.8) is 0 Å². The van der Waals surface area contributed by atoms with Gasteiger partial charge in [0.25, 0.3) is 0 Å². The number of ether oxygens (including phenoxy) is 1. The first-order valence-corrected chi connectivity index (χ1v) is 11.9. The minimum Gasteiger partial charge on any atom is -0.392 e. The highest BCUT2D eigenvalue weighted by Crippen LogP contribution is 2.39. The molecule has 35 heavy (non-hydrogen) atoms. The van der Waals surface area contributed by atoms with Crippen LogP contribution in [0, 0.1) is 11.3 Å². The van der Waals surface area contributed by atoms with Gasteiger partial charge in [-0.1, -0.05) is 30.3 Å². The molecule has 0 bridgehead atoms. The van der Waals surface area contributed by atoms with E-state index in [1.165, 1.54) is 4.90 Å². The van der Waals surface area contributed by atoms with Crippen molar-refractivity contribution >= 4 is 17.6 Å². The lowest BCUT2D eigenvalue weighted by Gasteiger charge is -2.38. The van der Waals surface area contributed by atoms with Gasteiger partial charge in [0.1, 0.15) is 11.9 Å². The maximum atomic E-state index is 12.5. The summed E-state index contributed by atoms with van der Waals surface area (Å²) in [5.41, 5.74) is 3.83. The summed E-state index contributed by atoms with van der Waals surface area (Å²) in [5.74, 6) is -0.737. The molecule has 3 heterocycles. The number of nitriles is 1. The van der Waals surface area contributed by atoms with Gasteiger partial charge in [-0.05, 0) is 26.3 Å². The van der Waals surface area contributed by atoms with Crippen LogP contribution in [0.4, 0.5) is 5.82 Å². The summed E-state index contributed by atoms with van der Waals surface area (Å²) in [4.78, 5) is 33.1. The molecule has 2 aliphatic heterocycles.